The normalized spacial score (nSPS) is 15.5. The Morgan fingerprint density at radius 3 is 2.74 bits per heavy atom. The molecule has 1 aromatic heterocycles. The van der Waals surface area contributed by atoms with Crippen molar-refractivity contribution in [3.05, 3.63) is 57.9 Å². The highest BCUT2D eigenvalue weighted by molar-refractivity contribution is 6.31. The molecule has 0 fully saturated rings. The van der Waals surface area contributed by atoms with Gasteiger partial charge in [-0.1, -0.05) is 17.7 Å². The predicted octanol–water partition coefficient (Wildman–Crippen LogP) is 3.85. The van der Waals surface area contributed by atoms with Crippen molar-refractivity contribution in [1.82, 2.24) is 14.9 Å². The molecule has 2 heterocycles. The Kier molecular flexibility index (Phi) is 4.25. The zero-order valence-corrected chi connectivity index (χ0v) is 12.6. The van der Waals surface area contributed by atoms with Gasteiger partial charge in [-0.05, 0) is 17.7 Å². The number of halogens is 5. The number of hydrogen-bond donors (Lipinski definition) is 0. The van der Waals surface area contributed by atoms with Crippen LogP contribution in [-0.2, 0) is 25.7 Å². The predicted molar refractivity (Wildman–Crippen MR) is 76.3 cm³/mol. The molecule has 8 heteroatoms. The third-order valence-corrected chi connectivity index (χ3v) is 4.03. The van der Waals surface area contributed by atoms with Crippen LogP contribution in [0.1, 0.15) is 22.6 Å². The van der Waals surface area contributed by atoms with Crippen molar-refractivity contribution in [2.24, 2.45) is 0 Å². The standard InChI is InChI=1S/C15H12ClF4N3/c16-12-5-11(17)2-1-9(12)7-23-4-3-13-10(8-23)6-21-14(22-13)15(18,19)20/h1-2,5-6H,3-4,7-8H2. The fraction of sp³-hybridized carbons (Fsp3) is 0.333. The first-order valence-electron chi connectivity index (χ1n) is 6.91. The molecule has 0 saturated heterocycles. The highest BCUT2D eigenvalue weighted by atomic mass is 35.5. The summed E-state index contributed by atoms with van der Waals surface area (Å²) in [6, 6.07) is 4.18. The average Bonchev–Trinajstić information content (AvgIpc) is 2.48. The molecule has 0 amide bonds. The maximum Gasteiger partial charge on any atom is 0.451 e. The van der Waals surface area contributed by atoms with Crippen molar-refractivity contribution < 1.29 is 17.6 Å². The molecule has 0 aliphatic carbocycles. The third-order valence-electron chi connectivity index (χ3n) is 3.68. The fourth-order valence-electron chi connectivity index (χ4n) is 2.54. The summed E-state index contributed by atoms with van der Waals surface area (Å²) in [5, 5.41) is 0.333. The lowest BCUT2D eigenvalue weighted by atomic mass is 10.1. The van der Waals surface area contributed by atoms with E-state index in [1.165, 1.54) is 18.3 Å². The molecule has 3 nitrogen and oxygen atoms in total. The Labute approximate surface area is 134 Å². The molecule has 0 bridgehead atoms. The van der Waals surface area contributed by atoms with Crippen LogP contribution in [-0.4, -0.2) is 21.4 Å². The lowest BCUT2D eigenvalue weighted by Gasteiger charge is -2.28. The highest BCUT2D eigenvalue weighted by Gasteiger charge is 2.35. The van der Waals surface area contributed by atoms with Gasteiger partial charge < -0.3 is 0 Å². The van der Waals surface area contributed by atoms with Crippen molar-refractivity contribution in [3.8, 4) is 0 Å². The van der Waals surface area contributed by atoms with Crippen LogP contribution in [0.2, 0.25) is 5.02 Å². The summed E-state index contributed by atoms with van der Waals surface area (Å²) in [6.45, 7) is 1.47. The maximum atomic E-state index is 13.1. The second-order valence-electron chi connectivity index (χ2n) is 5.36. The van der Waals surface area contributed by atoms with Gasteiger partial charge in [-0.2, -0.15) is 13.2 Å². The molecule has 0 atom stereocenters. The van der Waals surface area contributed by atoms with E-state index >= 15 is 0 Å². The van der Waals surface area contributed by atoms with Crippen LogP contribution in [0.3, 0.4) is 0 Å². The summed E-state index contributed by atoms with van der Waals surface area (Å²) in [7, 11) is 0. The molecular weight excluding hydrogens is 334 g/mol. The zero-order valence-electron chi connectivity index (χ0n) is 11.9. The van der Waals surface area contributed by atoms with E-state index in [0.717, 1.165) is 5.56 Å². The van der Waals surface area contributed by atoms with Crippen molar-refractivity contribution in [3.63, 3.8) is 0 Å². The molecule has 2 aromatic rings. The van der Waals surface area contributed by atoms with Gasteiger partial charge in [0.05, 0.1) is 5.69 Å². The van der Waals surface area contributed by atoms with Crippen molar-refractivity contribution >= 4 is 11.6 Å². The Balaban J connectivity index is 1.75. The highest BCUT2D eigenvalue weighted by Crippen LogP contribution is 2.28. The molecule has 1 aromatic carbocycles. The topological polar surface area (TPSA) is 29.0 Å². The first kappa shape index (κ1) is 16.1. The number of nitrogens with zero attached hydrogens (tertiary/aromatic N) is 3. The van der Waals surface area contributed by atoms with Crippen LogP contribution in [0.25, 0.3) is 0 Å². The smallest absolute Gasteiger partial charge is 0.294 e. The third kappa shape index (κ3) is 3.61. The molecule has 122 valence electrons. The number of rotatable bonds is 2. The monoisotopic (exact) mass is 345 g/mol. The second-order valence-corrected chi connectivity index (χ2v) is 5.77. The van der Waals surface area contributed by atoms with E-state index in [1.54, 1.807) is 6.07 Å². The van der Waals surface area contributed by atoms with Gasteiger partial charge in [0.25, 0.3) is 0 Å². The Bertz CT molecular complexity index is 733. The molecule has 23 heavy (non-hydrogen) atoms. The lowest BCUT2D eigenvalue weighted by molar-refractivity contribution is -0.145. The minimum absolute atomic E-state index is 0.333. The summed E-state index contributed by atoms with van der Waals surface area (Å²) >= 11 is 6.00. The van der Waals surface area contributed by atoms with Crippen LogP contribution >= 0.6 is 11.6 Å². The molecule has 1 aliphatic heterocycles. The van der Waals surface area contributed by atoms with E-state index in [4.69, 9.17) is 11.6 Å². The SMILES string of the molecule is Fc1ccc(CN2CCc3nc(C(F)(F)F)ncc3C2)c(Cl)c1. The van der Waals surface area contributed by atoms with Crippen molar-refractivity contribution in [1.29, 1.82) is 0 Å². The van der Waals surface area contributed by atoms with E-state index in [2.05, 4.69) is 9.97 Å². The van der Waals surface area contributed by atoms with Gasteiger partial charge >= 0.3 is 6.18 Å². The first-order chi connectivity index (χ1) is 10.8. The van der Waals surface area contributed by atoms with Crippen LogP contribution in [0.15, 0.2) is 24.4 Å². The van der Waals surface area contributed by atoms with E-state index < -0.39 is 17.8 Å². The molecule has 1 aliphatic rings. The lowest BCUT2D eigenvalue weighted by Crippen LogP contribution is -2.31. The van der Waals surface area contributed by atoms with Gasteiger partial charge in [-0.25, -0.2) is 14.4 Å². The van der Waals surface area contributed by atoms with E-state index in [-0.39, 0.29) is 0 Å². The Hall–Kier alpha value is -1.73. The summed E-state index contributed by atoms with van der Waals surface area (Å²) < 4.78 is 50.9. The minimum atomic E-state index is -4.53. The summed E-state index contributed by atoms with van der Waals surface area (Å²) in [5.74, 6) is -1.51. The van der Waals surface area contributed by atoms with Gasteiger partial charge in [0.15, 0.2) is 0 Å². The fourth-order valence-corrected chi connectivity index (χ4v) is 2.76. The molecule has 0 unspecified atom stereocenters. The van der Waals surface area contributed by atoms with Crippen LogP contribution in [0.5, 0.6) is 0 Å². The van der Waals surface area contributed by atoms with Gasteiger partial charge in [0.1, 0.15) is 5.82 Å². The Morgan fingerprint density at radius 1 is 1.26 bits per heavy atom. The number of alkyl halides is 3. The zero-order chi connectivity index (χ0) is 16.6. The second kappa shape index (κ2) is 6.05. The van der Waals surface area contributed by atoms with Crippen LogP contribution < -0.4 is 0 Å². The summed E-state index contributed by atoms with van der Waals surface area (Å²) in [6.07, 6.45) is -2.91. The molecule has 0 radical (unpaired) electrons. The first-order valence-corrected chi connectivity index (χ1v) is 7.29. The van der Waals surface area contributed by atoms with Gasteiger partial charge in [-0.3, -0.25) is 4.90 Å². The van der Waals surface area contributed by atoms with E-state index in [1.807, 2.05) is 4.90 Å². The molecule has 0 spiro atoms. The minimum Gasteiger partial charge on any atom is -0.294 e. The van der Waals surface area contributed by atoms with Crippen molar-refractivity contribution in [2.45, 2.75) is 25.7 Å². The molecule has 0 saturated carbocycles. The largest absolute Gasteiger partial charge is 0.451 e. The van der Waals surface area contributed by atoms with E-state index in [0.29, 0.717) is 42.3 Å². The van der Waals surface area contributed by atoms with Gasteiger partial charge in [0.2, 0.25) is 5.82 Å². The van der Waals surface area contributed by atoms with Gasteiger partial charge in [-0.15, -0.1) is 0 Å². The van der Waals surface area contributed by atoms with Crippen LogP contribution in [0, 0.1) is 5.82 Å². The van der Waals surface area contributed by atoms with Crippen molar-refractivity contribution in [2.75, 3.05) is 6.54 Å². The maximum absolute atomic E-state index is 13.1. The molecule has 0 N–H and O–H groups in total. The number of fused-ring (bicyclic) bond motifs is 1. The summed E-state index contributed by atoms with van der Waals surface area (Å²) in [5.41, 5.74) is 1.86. The summed E-state index contributed by atoms with van der Waals surface area (Å²) in [4.78, 5) is 9.02. The van der Waals surface area contributed by atoms with Crippen LogP contribution in [0.4, 0.5) is 17.6 Å². The average molecular weight is 346 g/mol. The quantitative estimate of drug-likeness (QED) is 0.774. The van der Waals surface area contributed by atoms with E-state index in [9.17, 15) is 17.6 Å². The molecule has 3 rings (SSSR count). The number of benzene rings is 1. The Morgan fingerprint density at radius 2 is 2.04 bits per heavy atom. The van der Waals surface area contributed by atoms with Gasteiger partial charge in [0, 0.05) is 42.8 Å². The number of aromatic nitrogens is 2. The molecular formula is C15H12ClF4N3. The number of hydrogen-bond acceptors (Lipinski definition) is 3.